The molecule has 1 N–H and O–H groups in total. The molecule has 8 heteroatoms. The molecular weight excluding hydrogens is 364 g/mol. The van der Waals surface area contributed by atoms with Crippen LogP contribution >= 0.6 is 0 Å². The van der Waals surface area contributed by atoms with Gasteiger partial charge in [0.15, 0.2) is 17.3 Å². The Morgan fingerprint density at radius 2 is 1.68 bits per heavy atom. The SMILES string of the molecule is CC(=O)c1cc2c(cc1NC(=O)CN1C(=O)[C@H]3[C@H](C1=O)[C@H]1C=C[C@H]3C1)OCO2. The van der Waals surface area contributed by atoms with Gasteiger partial charge >= 0.3 is 0 Å². The van der Waals surface area contributed by atoms with Crippen LogP contribution in [-0.4, -0.2) is 41.7 Å². The maximum absolute atomic E-state index is 12.7. The predicted octanol–water partition coefficient (Wildman–Crippen LogP) is 1.36. The third-order valence-electron chi connectivity index (χ3n) is 6.03. The minimum absolute atomic E-state index is 0.0417. The zero-order valence-corrected chi connectivity index (χ0v) is 15.1. The fraction of sp³-hybridized carbons (Fsp3) is 0.400. The van der Waals surface area contributed by atoms with Crippen LogP contribution in [0.25, 0.3) is 0 Å². The Hall–Kier alpha value is -3.16. The van der Waals surface area contributed by atoms with Crippen molar-refractivity contribution in [2.45, 2.75) is 13.3 Å². The quantitative estimate of drug-likeness (QED) is 0.479. The van der Waals surface area contributed by atoms with Crippen molar-refractivity contribution in [2.24, 2.45) is 23.7 Å². The van der Waals surface area contributed by atoms with Gasteiger partial charge in [0.1, 0.15) is 6.54 Å². The Bertz CT molecular complexity index is 938. The molecule has 0 unspecified atom stereocenters. The van der Waals surface area contributed by atoms with E-state index in [9.17, 15) is 19.2 Å². The molecule has 4 atom stereocenters. The normalized spacial score (nSPS) is 28.8. The third kappa shape index (κ3) is 2.37. The van der Waals surface area contributed by atoms with Crippen molar-refractivity contribution in [1.29, 1.82) is 0 Å². The first-order valence-corrected chi connectivity index (χ1v) is 9.22. The standard InChI is InChI=1S/C20H18N2O6/c1-9(23)12-5-14-15(28-8-27-14)6-13(12)21-16(24)7-22-19(25)17-10-2-3-11(4-10)18(17)20(22)26/h2-3,5-6,10-11,17-18H,4,7-8H2,1H3,(H,21,24)/t10-,11-,17+,18+/m0/s1. The summed E-state index contributed by atoms with van der Waals surface area (Å²) in [6.07, 6.45) is 4.85. The van der Waals surface area contributed by atoms with Crippen LogP contribution in [0.2, 0.25) is 0 Å². The molecule has 2 aliphatic heterocycles. The molecule has 0 aromatic heterocycles. The minimum atomic E-state index is -0.539. The number of likely N-dealkylation sites (tertiary alicyclic amines) is 1. The lowest BCUT2D eigenvalue weighted by molar-refractivity contribution is -0.143. The van der Waals surface area contributed by atoms with Gasteiger partial charge in [0.25, 0.3) is 0 Å². The number of amides is 3. The lowest BCUT2D eigenvalue weighted by atomic mass is 9.85. The second kappa shape index (κ2) is 5.92. The Morgan fingerprint density at radius 3 is 2.29 bits per heavy atom. The molecule has 1 aromatic carbocycles. The van der Waals surface area contributed by atoms with Gasteiger partial charge in [-0.25, -0.2) is 0 Å². The van der Waals surface area contributed by atoms with E-state index in [0.717, 1.165) is 11.3 Å². The van der Waals surface area contributed by atoms with E-state index in [0.29, 0.717) is 11.5 Å². The molecule has 2 heterocycles. The second-order valence-electron chi connectivity index (χ2n) is 7.62. The Balaban J connectivity index is 1.34. The fourth-order valence-electron chi connectivity index (χ4n) is 4.79. The van der Waals surface area contributed by atoms with Crippen LogP contribution in [0.15, 0.2) is 24.3 Å². The van der Waals surface area contributed by atoms with Crippen molar-refractivity contribution in [1.82, 2.24) is 4.90 Å². The first-order valence-electron chi connectivity index (χ1n) is 9.22. The van der Waals surface area contributed by atoms with E-state index < -0.39 is 5.91 Å². The first-order chi connectivity index (χ1) is 13.4. The van der Waals surface area contributed by atoms with E-state index >= 15 is 0 Å². The average molecular weight is 382 g/mol. The lowest BCUT2D eigenvalue weighted by Crippen LogP contribution is -2.39. The number of allylic oxidation sites excluding steroid dienone is 2. The molecule has 0 spiro atoms. The highest BCUT2D eigenvalue weighted by atomic mass is 16.7. The topological polar surface area (TPSA) is 102 Å². The predicted molar refractivity (Wildman–Crippen MR) is 95.6 cm³/mol. The number of anilines is 1. The number of hydrogen-bond acceptors (Lipinski definition) is 6. The smallest absolute Gasteiger partial charge is 0.244 e. The number of imide groups is 1. The van der Waals surface area contributed by atoms with Crippen molar-refractivity contribution in [3.8, 4) is 11.5 Å². The highest BCUT2D eigenvalue weighted by molar-refractivity contribution is 6.10. The largest absolute Gasteiger partial charge is 0.454 e. The number of benzene rings is 1. The summed E-state index contributed by atoms with van der Waals surface area (Å²) in [5.41, 5.74) is 0.540. The van der Waals surface area contributed by atoms with Crippen LogP contribution in [0.1, 0.15) is 23.7 Å². The number of fused-ring (bicyclic) bond motifs is 6. The average Bonchev–Trinajstić information content (AvgIpc) is 3.41. The van der Waals surface area contributed by atoms with Crippen molar-refractivity contribution in [2.75, 3.05) is 18.7 Å². The van der Waals surface area contributed by atoms with Crippen molar-refractivity contribution < 1.29 is 28.7 Å². The maximum atomic E-state index is 12.7. The molecule has 4 aliphatic rings. The van der Waals surface area contributed by atoms with Gasteiger partial charge in [0, 0.05) is 11.6 Å². The number of ether oxygens (including phenoxy) is 2. The lowest BCUT2D eigenvalue weighted by Gasteiger charge is -2.17. The monoisotopic (exact) mass is 382 g/mol. The number of Topliss-reactive ketones (excluding diaryl/α,β-unsaturated/α-hetero) is 1. The molecular formula is C20H18N2O6. The molecule has 0 radical (unpaired) electrons. The number of nitrogens with one attached hydrogen (secondary N) is 1. The molecule has 3 amide bonds. The summed E-state index contributed by atoms with van der Waals surface area (Å²) in [5, 5.41) is 2.64. The molecule has 1 aromatic rings. The van der Waals surface area contributed by atoms with Crippen LogP contribution in [0, 0.1) is 23.7 Å². The third-order valence-corrected chi connectivity index (χ3v) is 6.03. The fourth-order valence-corrected chi connectivity index (χ4v) is 4.79. The van der Waals surface area contributed by atoms with Gasteiger partial charge in [-0.05, 0) is 31.2 Å². The summed E-state index contributed by atoms with van der Waals surface area (Å²) < 4.78 is 10.6. The molecule has 2 bridgehead atoms. The van der Waals surface area contributed by atoms with E-state index in [1.807, 2.05) is 12.2 Å². The Kier molecular flexibility index (Phi) is 3.59. The molecule has 144 valence electrons. The summed E-state index contributed by atoms with van der Waals surface area (Å²) in [7, 11) is 0. The minimum Gasteiger partial charge on any atom is -0.454 e. The summed E-state index contributed by atoms with van der Waals surface area (Å²) in [6, 6.07) is 3.03. The van der Waals surface area contributed by atoms with Gasteiger partial charge in [-0.1, -0.05) is 12.2 Å². The van der Waals surface area contributed by atoms with E-state index in [-0.39, 0.29) is 65.9 Å². The zero-order chi connectivity index (χ0) is 19.6. The van der Waals surface area contributed by atoms with Crippen LogP contribution in [0.3, 0.4) is 0 Å². The van der Waals surface area contributed by atoms with Gasteiger partial charge in [-0.3, -0.25) is 24.1 Å². The van der Waals surface area contributed by atoms with Crippen LogP contribution < -0.4 is 14.8 Å². The van der Waals surface area contributed by atoms with Crippen LogP contribution in [0.4, 0.5) is 5.69 Å². The summed E-state index contributed by atoms with van der Waals surface area (Å²) in [5.74, 6) is -0.978. The van der Waals surface area contributed by atoms with Crippen molar-refractivity contribution in [3.05, 3.63) is 29.8 Å². The van der Waals surface area contributed by atoms with Crippen LogP contribution in [0.5, 0.6) is 11.5 Å². The number of rotatable bonds is 4. The molecule has 8 nitrogen and oxygen atoms in total. The Morgan fingerprint density at radius 1 is 1.07 bits per heavy atom. The molecule has 1 saturated heterocycles. The first kappa shape index (κ1) is 17.0. The van der Waals surface area contributed by atoms with Gasteiger partial charge in [-0.2, -0.15) is 0 Å². The van der Waals surface area contributed by atoms with Gasteiger partial charge in [0.05, 0.1) is 17.5 Å². The van der Waals surface area contributed by atoms with E-state index in [4.69, 9.17) is 9.47 Å². The van der Waals surface area contributed by atoms with Crippen molar-refractivity contribution >= 4 is 29.2 Å². The molecule has 1 saturated carbocycles. The number of ketones is 1. The van der Waals surface area contributed by atoms with E-state index in [1.165, 1.54) is 19.1 Å². The van der Waals surface area contributed by atoms with E-state index in [1.54, 1.807) is 0 Å². The number of carbonyl (C=O) groups excluding carboxylic acids is 4. The van der Waals surface area contributed by atoms with Gasteiger partial charge < -0.3 is 14.8 Å². The van der Waals surface area contributed by atoms with E-state index in [2.05, 4.69) is 5.32 Å². The van der Waals surface area contributed by atoms with Gasteiger partial charge in [0.2, 0.25) is 24.5 Å². The zero-order valence-electron chi connectivity index (χ0n) is 15.1. The Labute approximate surface area is 160 Å². The molecule has 2 aliphatic carbocycles. The highest BCUT2D eigenvalue weighted by Gasteiger charge is 2.59. The van der Waals surface area contributed by atoms with Crippen LogP contribution in [-0.2, 0) is 14.4 Å². The summed E-state index contributed by atoms with van der Waals surface area (Å²) in [4.78, 5) is 51.0. The molecule has 2 fully saturated rings. The highest BCUT2D eigenvalue weighted by Crippen LogP contribution is 2.52. The number of hydrogen-bond donors (Lipinski definition) is 1. The number of nitrogens with zero attached hydrogens (tertiary/aromatic N) is 1. The number of carbonyl (C=O) groups is 4. The van der Waals surface area contributed by atoms with Gasteiger partial charge in [-0.15, -0.1) is 0 Å². The maximum Gasteiger partial charge on any atom is 0.244 e. The molecule has 5 rings (SSSR count). The van der Waals surface area contributed by atoms with Crippen molar-refractivity contribution in [3.63, 3.8) is 0 Å². The second-order valence-corrected chi connectivity index (χ2v) is 7.62. The molecule has 28 heavy (non-hydrogen) atoms. The summed E-state index contributed by atoms with van der Waals surface area (Å²) in [6.45, 7) is 1.06. The summed E-state index contributed by atoms with van der Waals surface area (Å²) >= 11 is 0.